The molecule has 1 heterocycles. The van der Waals surface area contributed by atoms with Crippen LogP contribution in [0, 0.1) is 11.6 Å². The summed E-state index contributed by atoms with van der Waals surface area (Å²) in [5.74, 6) is -1.06. The monoisotopic (exact) mass is 288 g/mol. The van der Waals surface area contributed by atoms with Crippen molar-refractivity contribution in [2.45, 2.75) is 0 Å². The molecular formula is C16H10F2O3. The summed E-state index contributed by atoms with van der Waals surface area (Å²) in [5.41, 5.74) is 0.477. The Kier molecular flexibility index (Phi) is 3.17. The number of carbonyl (C=O) groups excluding carboxylic acids is 1. The van der Waals surface area contributed by atoms with Gasteiger partial charge in [0.25, 0.3) is 0 Å². The van der Waals surface area contributed by atoms with Crippen LogP contribution in [-0.2, 0) is 0 Å². The third-order valence-corrected chi connectivity index (χ3v) is 3.17. The van der Waals surface area contributed by atoms with E-state index in [1.807, 2.05) is 0 Å². The van der Waals surface area contributed by atoms with Crippen molar-refractivity contribution < 1.29 is 22.7 Å². The molecule has 0 aliphatic rings. The van der Waals surface area contributed by atoms with Crippen LogP contribution >= 0.6 is 0 Å². The number of hydrogen-bond acceptors (Lipinski definition) is 3. The predicted molar refractivity (Wildman–Crippen MR) is 73.5 cm³/mol. The first kappa shape index (κ1) is 13.3. The Labute approximate surface area is 118 Å². The average molecular weight is 288 g/mol. The highest BCUT2D eigenvalue weighted by Gasteiger charge is 2.17. The van der Waals surface area contributed by atoms with Gasteiger partial charge in [-0.05, 0) is 30.3 Å². The van der Waals surface area contributed by atoms with Crippen molar-refractivity contribution in [2.24, 2.45) is 0 Å². The fourth-order valence-electron chi connectivity index (χ4n) is 2.22. The van der Waals surface area contributed by atoms with Crippen LogP contribution in [-0.4, -0.2) is 13.4 Å². The zero-order valence-corrected chi connectivity index (χ0v) is 11.0. The summed E-state index contributed by atoms with van der Waals surface area (Å²) in [5, 5.41) is 0.536. The Bertz CT molecular complexity index is 817. The molecule has 0 saturated heterocycles. The lowest BCUT2D eigenvalue weighted by atomic mass is 10.1. The SMILES string of the molecule is COc1cc(C=O)cc2cc(-c3c(F)cccc3F)oc12. The molecule has 3 nitrogen and oxygen atoms in total. The number of hydrogen-bond donors (Lipinski definition) is 0. The zero-order valence-electron chi connectivity index (χ0n) is 11.0. The summed E-state index contributed by atoms with van der Waals surface area (Å²) < 4.78 is 38.3. The van der Waals surface area contributed by atoms with Gasteiger partial charge in [0.15, 0.2) is 11.3 Å². The molecule has 3 rings (SSSR count). The zero-order chi connectivity index (χ0) is 15.0. The Morgan fingerprint density at radius 1 is 1.14 bits per heavy atom. The molecule has 0 spiro atoms. The number of methoxy groups -OCH3 is 1. The number of rotatable bonds is 3. The van der Waals surface area contributed by atoms with Gasteiger partial charge in [-0.2, -0.15) is 0 Å². The maximum absolute atomic E-state index is 13.8. The summed E-state index contributed by atoms with van der Waals surface area (Å²) >= 11 is 0. The molecule has 0 N–H and O–H groups in total. The Hall–Kier alpha value is -2.69. The normalized spacial score (nSPS) is 10.8. The quantitative estimate of drug-likeness (QED) is 0.678. The van der Waals surface area contributed by atoms with E-state index < -0.39 is 11.6 Å². The van der Waals surface area contributed by atoms with E-state index in [-0.39, 0.29) is 11.3 Å². The lowest BCUT2D eigenvalue weighted by Gasteiger charge is -2.02. The van der Waals surface area contributed by atoms with E-state index >= 15 is 0 Å². The topological polar surface area (TPSA) is 39.4 Å². The molecule has 3 aromatic rings. The first-order valence-corrected chi connectivity index (χ1v) is 6.15. The maximum Gasteiger partial charge on any atom is 0.176 e. The van der Waals surface area contributed by atoms with Crippen LogP contribution in [0.4, 0.5) is 8.78 Å². The van der Waals surface area contributed by atoms with Gasteiger partial charge in [-0.15, -0.1) is 0 Å². The predicted octanol–water partition coefficient (Wildman–Crippen LogP) is 4.20. The van der Waals surface area contributed by atoms with Gasteiger partial charge < -0.3 is 9.15 Å². The molecule has 21 heavy (non-hydrogen) atoms. The van der Waals surface area contributed by atoms with E-state index in [9.17, 15) is 13.6 Å². The lowest BCUT2D eigenvalue weighted by molar-refractivity contribution is 0.112. The van der Waals surface area contributed by atoms with Crippen LogP contribution in [0.3, 0.4) is 0 Å². The highest BCUT2D eigenvalue weighted by molar-refractivity contribution is 5.92. The number of fused-ring (bicyclic) bond motifs is 1. The molecule has 106 valence electrons. The van der Waals surface area contributed by atoms with Crippen LogP contribution in [0.1, 0.15) is 10.4 Å². The molecule has 2 aromatic carbocycles. The van der Waals surface area contributed by atoms with Gasteiger partial charge in [0, 0.05) is 10.9 Å². The maximum atomic E-state index is 13.8. The van der Waals surface area contributed by atoms with Crippen molar-refractivity contribution in [1.82, 2.24) is 0 Å². The highest BCUT2D eigenvalue weighted by atomic mass is 19.1. The van der Waals surface area contributed by atoms with E-state index in [2.05, 4.69) is 0 Å². The largest absolute Gasteiger partial charge is 0.493 e. The first-order chi connectivity index (χ1) is 10.1. The second-order valence-electron chi connectivity index (χ2n) is 4.47. The molecule has 1 aromatic heterocycles. The molecule has 0 atom stereocenters. The van der Waals surface area contributed by atoms with Crippen LogP contribution in [0.25, 0.3) is 22.3 Å². The standard InChI is InChI=1S/C16H10F2O3/c1-20-14-6-9(8-19)5-10-7-13(21-16(10)14)15-11(17)3-2-4-12(15)18/h2-8H,1H3. The van der Waals surface area contributed by atoms with Crippen molar-refractivity contribution in [3.8, 4) is 17.1 Å². The molecule has 0 amide bonds. The molecule has 5 heteroatoms. The molecule has 0 radical (unpaired) electrons. The van der Waals surface area contributed by atoms with Crippen molar-refractivity contribution in [2.75, 3.05) is 7.11 Å². The summed E-state index contributed by atoms with van der Waals surface area (Å²) in [7, 11) is 1.43. The summed E-state index contributed by atoms with van der Waals surface area (Å²) in [4.78, 5) is 10.9. The van der Waals surface area contributed by atoms with E-state index in [1.54, 1.807) is 6.07 Å². The van der Waals surface area contributed by atoms with Crippen molar-refractivity contribution in [3.63, 3.8) is 0 Å². The van der Waals surface area contributed by atoms with E-state index in [4.69, 9.17) is 9.15 Å². The van der Waals surface area contributed by atoms with Crippen LogP contribution in [0.15, 0.2) is 40.8 Å². The molecule has 0 aliphatic carbocycles. The minimum absolute atomic E-state index is 0.0435. The third-order valence-electron chi connectivity index (χ3n) is 3.17. The van der Waals surface area contributed by atoms with Crippen molar-refractivity contribution >= 4 is 17.3 Å². The fourth-order valence-corrected chi connectivity index (χ4v) is 2.22. The Balaban J connectivity index is 2.28. The fraction of sp³-hybridized carbons (Fsp3) is 0.0625. The number of benzene rings is 2. The lowest BCUT2D eigenvalue weighted by Crippen LogP contribution is -1.87. The van der Waals surface area contributed by atoms with Gasteiger partial charge in [0.05, 0.1) is 12.7 Å². The molecule has 0 fully saturated rings. The summed E-state index contributed by atoms with van der Waals surface area (Å²) in [6.07, 6.45) is 0.665. The third kappa shape index (κ3) is 2.16. The van der Waals surface area contributed by atoms with E-state index in [0.717, 1.165) is 12.1 Å². The van der Waals surface area contributed by atoms with E-state index in [1.165, 1.54) is 25.3 Å². The first-order valence-electron chi connectivity index (χ1n) is 6.15. The average Bonchev–Trinajstić information content (AvgIpc) is 2.89. The van der Waals surface area contributed by atoms with Gasteiger partial charge >= 0.3 is 0 Å². The van der Waals surface area contributed by atoms with Gasteiger partial charge in [-0.3, -0.25) is 4.79 Å². The number of furan rings is 1. The molecule has 0 aliphatic heterocycles. The smallest absolute Gasteiger partial charge is 0.176 e. The van der Waals surface area contributed by atoms with Crippen molar-refractivity contribution in [1.29, 1.82) is 0 Å². The number of carbonyl (C=O) groups is 1. The van der Waals surface area contributed by atoms with Crippen LogP contribution in [0.2, 0.25) is 0 Å². The van der Waals surface area contributed by atoms with Gasteiger partial charge in [-0.25, -0.2) is 8.78 Å². The molecule has 0 saturated carbocycles. The van der Waals surface area contributed by atoms with Crippen LogP contribution in [0.5, 0.6) is 5.75 Å². The summed E-state index contributed by atoms with van der Waals surface area (Å²) in [6.45, 7) is 0. The Morgan fingerprint density at radius 3 is 2.48 bits per heavy atom. The van der Waals surface area contributed by atoms with Gasteiger partial charge in [0.2, 0.25) is 0 Å². The highest BCUT2D eigenvalue weighted by Crippen LogP contribution is 2.36. The second kappa shape index (κ2) is 5.01. The Morgan fingerprint density at radius 2 is 1.86 bits per heavy atom. The minimum atomic E-state index is -0.719. The number of aldehydes is 1. The minimum Gasteiger partial charge on any atom is -0.493 e. The molecule has 0 unspecified atom stereocenters. The second-order valence-corrected chi connectivity index (χ2v) is 4.47. The molecular weight excluding hydrogens is 278 g/mol. The van der Waals surface area contributed by atoms with E-state index in [0.29, 0.717) is 28.6 Å². The van der Waals surface area contributed by atoms with Gasteiger partial charge in [0.1, 0.15) is 23.7 Å². The van der Waals surface area contributed by atoms with Gasteiger partial charge in [-0.1, -0.05) is 6.07 Å². The molecule has 0 bridgehead atoms. The van der Waals surface area contributed by atoms with Crippen LogP contribution < -0.4 is 4.74 Å². The van der Waals surface area contributed by atoms with Crippen molar-refractivity contribution in [3.05, 3.63) is 53.6 Å². The number of ether oxygens (including phenoxy) is 1. The summed E-state index contributed by atoms with van der Waals surface area (Å²) in [6, 6.07) is 8.13. The number of halogens is 2.